The Balaban J connectivity index is 2.13. The number of amides is 2. The molecule has 2 aromatic rings. The zero-order valence-electron chi connectivity index (χ0n) is 10.4. The van der Waals surface area contributed by atoms with Crippen LogP contribution in [0, 0.1) is 0 Å². The number of nitrogens with one attached hydrogen (secondary N) is 1. The molecular formula is C16H10BrNO2. The van der Waals surface area contributed by atoms with Crippen molar-refractivity contribution < 1.29 is 9.59 Å². The van der Waals surface area contributed by atoms with Crippen LogP contribution in [0.4, 0.5) is 0 Å². The second kappa shape index (κ2) is 5.06. The Morgan fingerprint density at radius 1 is 0.850 bits per heavy atom. The van der Waals surface area contributed by atoms with Crippen LogP contribution in [-0.2, 0) is 4.79 Å². The molecule has 20 heavy (non-hydrogen) atoms. The van der Waals surface area contributed by atoms with E-state index < -0.39 is 0 Å². The summed E-state index contributed by atoms with van der Waals surface area (Å²) in [6.07, 6.45) is 1.78. The molecule has 0 saturated heterocycles. The van der Waals surface area contributed by atoms with Gasteiger partial charge in [0.05, 0.1) is 0 Å². The minimum Gasteiger partial charge on any atom is -0.288 e. The maximum atomic E-state index is 12.0. The molecule has 0 spiro atoms. The molecular weight excluding hydrogens is 318 g/mol. The highest BCUT2D eigenvalue weighted by molar-refractivity contribution is 9.10. The fourth-order valence-corrected chi connectivity index (χ4v) is 2.41. The van der Waals surface area contributed by atoms with Gasteiger partial charge in [-0.15, -0.1) is 0 Å². The van der Waals surface area contributed by atoms with E-state index in [0.29, 0.717) is 16.7 Å². The molecule has 1 N–H and O–H groups in total. The molecule has 0 aliphatic carbocycles. The fraction of sp³-hybridized carbons (Fsp3) is 0. The van der Waals surface area contributed by atoms with Gasteiger partial charge in [-0.25, -0.2) is 0 Å². The van der Waals surface area contributed by atoms with Crippen LogP contribution in [-0.4, -0.2) is 11.8 Å². The van der Waals surface area contributed by atoms with E-state index in [9.17, 15) is 9.59 Å². The van der Waals surface area contributed by atoms with Gasteiger partial charge in [-0.05, 0) is 35.4 Å². The summed E-state index contributed by atoms with van der Waals surface area (Å²) < 4.78 is 0.975. The normalized spacial score (nSPS) is 15.9. The molecule has 0 aromatic heterocycles. The number of hydrogen-bond acceptors (Lipinski definition) is 2. The molecule has 98 valence electrons. The average Bonchev–Trinajstić information content (AvgIpc) is 2.45. The summed E-state index contributed by atoms with van der Waals surface area (Å²) in [5, 5.41) is 2.36. The maximum Gasteiger partial charge on any atom is 0.258 e. The molecule has 1 aliphatic rings. The van der Waals surface area contributed by atoms with Gasteiger partial charge in [0.1, 0.15) is 0 Å². The number of imide groups is 1. The summed E-state index contributed by atoms with van der Waals surface area (Å²) in [4.78, 5) is 23.8. The van der Waals surface area contributed by atoms with Crippen LogP contribution in [0.2, 0.25) is 0 Å². The second-order valence-electron chi connectivity index (χ2n) is 4.44. The van der Waals surface area contributed by atoms with E-state index in [1.54, 1.807) is 24.3 Å². The van der Waals surface area contributed by atoms with Crippen molar-refractivity contribution in [3.05, 3.63) is 69.7 Å². The van der Waals surface area contributed by atoms with Crippen LogP contribution in [0.15, 0.2) is 53.0 Å². The Bertz CT molecular complexity index is 732. The summed E-state index contributed by atoms with van der Waals surface area (Å²) in [7, 11) is 0. The quantitative estimate of drug-likeness (QED) is 0.645. The first-order chi connectivity index (χ1) is 9.65. The highest BCUT2D eigenvalue weighted by atomic mass is 79.9. The lowest BCUT2D eigenvalue weighted by molar-refractivity contribution is -0.114. The van der Waals surface area contributed by atoms with Crippen LogP contribution in [0.25, 0.3) is 11.6 Å². The fourth-order valence-electron chi connectivity index (χ4n) is 2.15. The monoisotopic (exact) mass is 327 g/mol. The Hall–Kier alpha value is -2.20. The lowest BCUT2D eigenvalue weighted by atomic mass is 9.93. The van der Waals surface area contributed by atoms with Crippen molar-refractivity contribution >= 4 is 39.4 Å². The highest BCUT2D eigenvalue weighted by Crippen LogP contribution is 2.26. The molecule has 3 rings (SSSR count). The smallest absolute Gasteiger partial charge is 0.258 e. The molecule has 2 amide bonds. The van der Waals surface area contributed by atoms with E-state index in [0.717, 1.165) is 10.0 Å². The predicted molar refractivity (Wildman–Crippen MR) is 80.9 cm³/mol. The van der Waals surface area contributed by atoms with Crippen LogP contribution in [0.3, 0.4) is 0 Å². The Morgan fingerprint density at radius 3 is 2.20 bits per heavy atom. The van der Waals surface area contributed by atoms with Gasteiger partial charge < -0.3 is 0 Å². The summed E-state index contributed by atoms with van der Waals surface area (Å²) in [5.41, 5.74) is 2.60. The molecule has 0 saturated carbocycles. The van der Waals surface area contributed by atoms with E-state index in [1.807, 2.05) is 30.3 Å². The van der Waals surface area contributed by atoms with Crippen LogP contribution in [0.5, 0.6) is 0 Å². The average molecular weight is 328 g/mol. The molecule has 0 unspecified atom stereocenters. The van der Waals surface area contributed by atoms with Crippen LogP contribution >= 0.6 is 15.9 Å². The minimum atomic E-state index is -0.364. The molecule has 0 fully saturated rings. The van der Waals surface area contributed by atoms with Crippen molar-refractivity contribution in [3.8, 4) is 0 Å². The number of halogens is 1. The maximum absolute atomic E-state index is 12.0. The molecule has 4 heteroatoms. The third-order valence-electron chi connectivity index (χ3n) is 3.11. The number of rotatable bonds is 1. The SMILES string of the molecule is O=C1NC(=O)c2ccccc2/C1=C\c1ccc(Br)cc1. The van der Waals surface area contributed by atoms with E-state index >= 15 is 0 Å². The van der Waals surface area contributed by atoms with E-state index in [-0.39, 0.29) is 11.8 Å². The Morgan fingerprint density at radius 2 is 1.50 bits per heavy atom. The van der Waals surface area contributed by atoms with E-state index in [4.69, 9.17) is 0 Å². The molecule has 3 nitrogen and oxygen atoms in total. The Kier molecular flexibility index (Phi) is 3.24. The summed E-state index contributed by atoms with van der Waals surface area (Å²) >= 11 is 3.37. The third-order valence-corrected chi connectivity index (χ3v) is 3.64. The van der Waals surface area contributed by atoms with Gasteiger partial charge in [-0.3, -0.25) is 14.9 Å². The van der Waals surface area contributed by atoms with Crippen molar-refractivity contribution in [2.45, 2.75) is 0 Å². The van der Waals surface area contributed by atoms with Crippen molar-refractivity contribution in [2.24, 2.45) is 0 Å². The van der Waals surface area contributed by atoms with Crippen molar-refractivity contribution in [1.29, 1.82) is 0 Å². The second-order valence-corrected chi connectivity index (χ2v) is 5.35. The number of carbonyl (C=O) groups excluding carboxylic acids is 2. The zero-order valence-corrected chi connectivity index (χ0v) is 12.0. The van der Waals surface area contributed by atoms with Crippen molar-refractivity contribution in [2.75, 3.05) is 0 Å². The van der Waals surface area contributed by atoms with Crippen molar-refractivity contribution in [3.63, 3.8) is 0 Å². The van der Waals surface area contributed by atoms with Gasteiger partial charge >= 0.3 is 0 Å². The zero-order chi connectivity index (χ0) is 14.1. The third kappa shape index (κ3) is 2.30. The van der Waals surface area contributed by atoms with E-state index in [1.165, 1.54) is 0 Å². The minimum absolute atomic E-state index is 0.349. The molecule has 2 aromatic carbocycles. The molecule has 1 heterocycles. The lowest BCUT2D eigenvalue weighted by Gasteiger charge is -2.18. The standard InChI is InChI=1S/C16H10BrNO2/c17-11-7-5-10(6-8-11)9-14-12-3-1-2-4-13(12)15(19)18-16(14)20/h1-9H,(H,18,19,20)/b14-9+. The molecule has 0 radical (unpaired) electrons. The molecule has 0 atom stereocenters. The summed E-state index contributed by atoms with van der Waals surface area (Å²) in [6, 6.07) is 14.7. The number of carbonyl (C=O) groups is 2. The predicted octanol–water partition coefficient (Wildman–Crippen LogP) is 3.26. The topological polar surface area (TPSA) is 46.2 Å². The number of fused-ring (bicyclic) bond motifs is 1. The van der Waals surface area contributed by atoms with Gasteiger partial charge in [0.25, 0.3) is 11.8 Å². The first-order valence-electron chi connectivity index (χ1n) is 6.07. The van der Waals surface area contributed by atoms with Gasteiger partial charge in [-0.2, -0.15) is 0 Å². The lowest BCUT2D eigenvalue weighted by Crippen LogP contribution is -2.36. The highest BCUT2D eigenvalue weighted by Gasteiger charge is 2.26. The van der Waals surface area contributed by atoms with Gasteiger partial charge in [-0.1, -0.05) is 46.3 Å². The number of hydrogen-bond donors (Lipinski definition) is 1. The number of benzene rings is 2. The Labute approximate surface area is 124 Å². The largest absolute Gasteiger partial charge is 0.288 e. The molecule has 1 aliphatic heterocycles. The first-order valence-corrected chi connectivity index (χ1v) is 6.87. The van der Waals surface area contributed by atoms with Crippen LogP contribution in [0.1, 0.15) is 21.5 Å². The summed E-state index contributed by atoms with van der Waals surface area (Å²) in [6.45, 7) is 0. The van der Waals surface area contributed by atoms with Crippen molar-refractivity contribution in [1.82, 2.24) is 5.32 Å². The van der Waals surface area contributed by atoms with Crippen LogP contribution < -0.4 is 5.32 Å². The van der Waals surface area contributed by atoms with Gasteiger partial charge in [0.2, 0.25) is 0 Å². The van der Waals surface area contributed by atoms with Gasteiger partial charge in [0, 0.05) is 15.6 Å². The first kappa shape index (κ1) is 12.8. The van der Waals surface area contributed by atoms with Gasteiger partial charge in [0.15, 0.2) is 0 Å². The summed E-state index contributed by atoms with van der Waals surface area (Å²) in [5.74, 6) is -0.713. The van der Waals surface area contributed by atoms with E-state index in [2.05, 4.69) is 21.2 Å². The molecule has 0 bridgehead atoms.